The van der Waals surface area contributed by atoms with Crippen LogP contribution in [0.5, 0.6) is 0 Å². The number of carbonyl (C=O) groups excluding carboxylic acids is 2. The van der Waals surface area contributed by atoms with Gasteiger partial charge < -0.3 is 16.0 Å². The number of anilines is 2. The summed E-state index contributed by atoms with van der Waals surface area (Å²) in [5.74, 6) is 0.229. The van der Waals surface area contributed by atoms with E-state index in [4.69, 9.17) is 0 Å². The van der Waals surface area contributed by atoms with Gasteiger partial charge in [-0.2, -0.15) is 5.26 Å². The van der Waals surface area contributed by atoms with Gasteiger partial charge in [0.15, 0.2) is 5.57 Å². The second-order valence-electron chi connectivity index (χ2n) is 7.75. The van der Waals surface area contributed by atoms with E-state index in [0.29, 0.717) is 40.5 Å². The molecular weight excluding hydrogens is 454 g/mol. The first kappa shape index (κ1) is 25.1. The van der Waals surface area contributed by atoms with Crippen molar-refractivity contribution in [2.45, 2.75) is 39.7 Å². The Balaban J connectivity index is 1.80. The topological polar surface area (TPSA) is 132 Å². The minimum atomic E-state index is -0.511. The zero-order valence-corrected chi connectivity index (χ0v) is 20.2. The van der Waals surface area contributed by atoms with Gasteiger partial charge in [0, 0.05) is 19.3 Å². The number of carbonyl (C=O) groups is 2. The van der Waals surface area contributed by atoms with Gasteiger partial charge in [-0.1, -0.05) is 12.5 Å². The lowest BCUT2D eigenvalue weighted by molar-refractivity contribution is -0.117. The fourth-order valence-electron chi connectivity index (χ4n) is 3.66. The lowest BCUT2D eigenvalue weighted by Crippen LogP contribution is -2.36. The number of thiazole rings is 1. The van der Waals surface area contributed by atoms with Crippen molar-refractivity contribution in [1.82, 2.24) is 19.8 Å². The van der Waals surface area contributed by atoms with E-state index in [2.05, 4.69) is 25.8 Å². The van der Waals surface area contributed by atoms with E-state index >= 15 is 0 Å². The second kappa shape index (κ2) is 12.1. The first-order valence-electron chi connectivity index (χ1n) is 11.3. The molecule has 0 spiro atoms. The van der Waals surface area contributed by atoms with Crippen molar-refractivity contribution in [3.05, 3.63) is 37.7 Å². The Morgan fingerprint density at radius 3 is 2.62 bits per heavy atom. The van der Waals surface area contributed by atoms with Crippen LogP contribution < -0.4 is 30.7 Å². The normalized spacial score (nSPS) is 15.4. The van der Waals surface area contributed by atoms with Crippen LogP contribution in [0.1, 0.15) is 33.1 Å². The van der Waals surface area contributed by atoms with Gasteiger partial charge in [0.25, 0.3) is 11.5 Å². The molecule has 0 unspecified atom stereocenters. The molecule has 11 heteroatoms. The molecule has 0 bridgehead atoms. The molecule has 2 aromatic heterocycles. The van der Waals surface area contributed by atoms with Crippen molar-refractivity contribution in [3.8, 4) is 6.07 Å². The number of pyridine rings is 1. The molecule has 0 saturated carbocycles. The third-order valence-electron chi connectivity index (χ3n) is 5.30. The Labute approximate surface area is 201 Å². The van der Waals surface area contributed by atoms with Crippen LogP contribution in [0.15, 0.2) is 23.0 Å². The highest BCUT2D eigenvalue weighted by Gasteiger charge is 2.15. The summed E-state index contributed by atoms with van der Waals surface area (Å²) in [6.07, 6.45) is 4.93. The van der Waals surface area contributed by atoms with E-state index in [9.17, 15) is 19.6 Å². The molecule has 0 atom stereocenters. The number of hydrogen-bond acceptors (Lipinski definition) is 8. The minimum absolute atomic E-state index is 0.0954. The maximum Gasteiger partial charge on any atom is 0.270 e. The third-order valence-corrected chi connectivity index (χ3v) is 6.43. The van der Waals surface area contributed by atoms with Crippen LogP contribution in [0.3, 0.4) is 0 Å². The van der Waals surface area contributed by atoms with E-state index in [0.717, 1.165) is 37.3 Å². The Bertz CT molecular complexity index is 1250. The van der Waals surface area contributed by atoms with Gasteiger partial charge in [0.1, 0.15) is 26.9 Å². The molecule has 1 aliphatic rings. The van der Waals surface area contributed by atoms with Crippen molar-refractivity contribution < 1.29 is 9.59 Å². The van der Waals surface area contributed by atoms with Crippen LogP contribution in [0.25, 0.3) is 11.8 Å². The fourth-order valence-corrected chi connectivity index (χ4v) is 4.75. The molecule has 3 N–H and O–H groups in total. The molecule has 2 aromatic rings. The van der Waals surface area contributed by atoms with E-state index in [1.54, 1.807) is 32.0 Å². The summed E-state index contributed by atoms with van der Waals surface area (Å²) in [5.41, 5.74) is -0.403. The number of aromatic nitrogens is 2. The van der Waals surface area contributed by atoms with Gasteiger partial charge in [-0.15, -0.1) is 11.3 Å². The molecule has 3 heterocycles. The van der Waals surface area contributed by atoms with Gasteiger partial charge in [-0.05, 0) is 51.9 Å². The summed E-state index contributed by atoms with van der Waals surface area (Å²) in [6, 6.07) is 7.08. The van der Waals surface area contributed by atoms with E-state index in [1.807, 2.05) is 6.07 Å². The SMILES string of the molecule is CCNC(=O)/C(C#N)=c1\s/c(=C/Nc2cccc(NC(=O)CN3CCCCC3)n2)c(=O)n1CC. The Morgan fingerprint density at radius 1 is 1.21 bits per heavy atom. The maximum atomic E-state index is 12.8. The molecule has 0 aromatic carbocycles. The van der Waals surface area contributed by atoms with Crippen LogP contribution in [-0.2, 0) is 16.1 Å². The van der Waals surface area contributed by atoms with Crippen molar-refractivity contribution in [2.24, 2.45) is 0 Å². The molecule has 10 nitrogen and oxygen atoms in total. The average Bonchev–Trinajstić information content (AvgIpc) is 3.14. The molecular formula is C23H29N7O3S. The van der Waals surface area contributed by atoms with Gasteiger partial charge in [0.2, 0.25) is 5.91 Å². The minimum Gasteiger partial charge on any atom is -0.352 e. The van der Waals surface area contributed by atoms with Crippen LogP contribution in [-0.4, -0.2) is 52.4 Å². The smallest absolute Gasteiger partial charge is 0.270 e. The number of hydrogen-bond donors (Lipinski definition) is 3. The number of nitrogens with one attached hydrogen (secondary N) is 3. The zero-order chi connectivity index (χ0) is 24.5. The highest BCUT2D eigenvalue weighted by atomic mass is 32.1. The summed E-state index contributed by atoms with van der Waals surface area (Å²) in [6.45, 7) is 6.43. The number of rotatable bonds is 8. The summed E-state index contributed by atoms with van der Waals surface area (Å²) in [7, 11) is 0. The Kier molecular flexibility index (Phi) is 8.95. The van der Waals surface area contributed by atoms with Crippen LogP contribution in [0, 0.1) is 11.3 Å². The van der Waals surface area contributed by atoms with Gasteiger partial charge in [-0.25, -0.2) is 4.98 Å². The van der Waals surface area contributed by atoms with Crippen molar-refractivity contribution in [1.29, 1.82) is 5.26 Å². The van der Waals surface area contributed by atoms with E-state index < -0.39 is 5.91 Å². The van der Waals surface area contributed by atoms with Crippen LogP contribution >= 0.6 is 11.3 Å². The number of likely N-dealkylation sites (tertiary alicyclic amines) is 1. The molecule has 180 valence electrons. The third kappa shape index (κ3) is 6.30. The lowest BCUT2D eigenvalue weighted by atomic mass is 10.1. The molecule has 3 rings (SSSR count). The second-order valence-corrected chi connectivity index (χ2v) is 8.78. The summed E-state index contributed by atoms with van der Waals surface area (Å²) in [5, 5.41) is 17.9. The molecule has 2 amide bonds. The first-order chi connectivity index (χ1) is 16.5. The number of piperidine rings is 1. The van der Waals surface area contributed by atoms with Crippen LogP contribution in [0.4, 0.5) is 11.6 Å². The number of nitriles is 1. The first-order valence-corrected chi connectivity index (χ1v) is 12.2. The largest absolute Gasteiger partial charge is 0.352 e. The Morgan fingerprint density at radius 2 is 1.94 bits per heavy atom. The van der Waals surface area contributed by atoms with E-state index in [1.165, 1.54) is 17.2 Å². The predicted octanol–water partition coefficient (Wildman–Crippen LogP) is 0.410. The lowest BCUT2D eigenvalue weighted by Gasteiger charge is -2.25. The van der Waals surface area contributed by atoms with Crippen molar-refractivity contribution in [2.75, 3.05) is 36.8 Å². The quantitative estimate of drug-likeness (QED) is 0.495. The zero-order valence-electron chi connectivity index (χ0n) is 19.4. The average molecular weight is 484 g/mol. The van der Waals surface area contributed by atoms with Gasteiger partial charge in [0.05, 0.1) is 6.54 Å². The van der Waals surface area contributed by atoms with E-state index in [-0.39, 0.29) is 17.0 Å². The Hall–Kier alpha value is -3.49. The molecule has 0 aliphatic carbocycles. The molecule has 1 aliphatic heterocycles. The summed E-state index contributed by atoms with van der Waals surface area (Å²) in [4.78, 5) is 43.9. The fraction of sp³-hybridized carbons (Fsp3) is 0.435. The number of nitrogens with zero attached hydrogens (tertiary/aromatic N) is 4. The molecule has 0 radical (unpaired) electrons. The monoisotopic (exact) mass is 483 g/mol. The predicted molar refractivity (Wildman–Crippen MR) is 132 cm³/mol. The standard InChI is InChI=1S/C23H29N7O3S/c1-3-25-21(32)16(13-24)23-30(4-2)22(33)17(34-23)14-26-18-9-8-10-19(27-18)28-20(31)15-29-11-6-5-7-12-29/h8-10,14H,3-7,11-12,15H2,1-2H3,(H,25,32)(H2,26,27,28,31)/b17-14+,23-16-. The van der Waals surface area contributed by atoms with Gasteiger partial charge >= 0.3 is 0 Å². The molecule has 1 fully saturated rings. The van der Waals surface area contributed by atoms with Crippen LogP contribution in [0.2, 0.25) is 0 Å². The summed E-state index contributed by atoms with van der Waals surface area (Å²) >= 11 is 1.06. The maximum absolute atomic E-state index is 12.8. The van der Waals surface area contributed by atoms with Crippen molar-refractivity contribution >= 4 is 46.6 Å². The highest BCUT2D eigenvalue weighted by molar-refractivity contribution is 7.07. The van der Waals surface area contributed by atoms with Crippen molar-refractivity contribution in [3.63, 3.8) is 0 Å². The highest BCUT2D eigenvalue weighted by Crippen LogP contribution is 2.11. The summed E-state index contributed by atoms with van der Waals surface area (Å²) < 4.78 is 2.03. The van der Waals surface area contributed by atoms with Gasteiger partial charge in [-0.3, -0.25) is 23.9 Å². The molecule has 1 saturated heterocycles. The number of amides is 2. The molecule has 34 heavy (non-hydrogen) atoms.